The van der Waals surface area contributed by atoms with Gasteiger partial charge in [0, 0.05) is 46.4 Å². The van der Waals surface area contributed by atoms with E-state index >= 15 is 0 Å². The van der Waals surface area contributed by atoms with Crippen LogP contribution in [0.15, 0.2) is 46.2 Å². The summed E-state index contributed by atoms with van der Waals surface area (Å²) in [6, 6.07) is 7.96. The third-order valence-electron chi connectivity index (χ3n) is 7.04. The van der Waals surface area contributed by atoms with Crippen LogP contribution in [-0.2, 0) is 33.1 Å². The lowest BCUT2D eigenvalue weighted by Crippen LogP contribution is -2.45. The Labute approximate surface area is 222 Å². The lowest BCUT2D eigenvalue weighted by molar-refractivity contribution is 0.437. The average molecular weight is 580 g/mol. The molecule has 0 spiro atoms. The van der Waals surface area contributed by atoms with Crippen LogP contribution in [0.1, 0.15) is 35.1 Å². The number of aryl methyl sites for hydroxylation is 1. The van der Waals surface area contributed by atoms with Crippen LogP contribution in [0.2, 0.25) is 10.0 Å². The summed E-state index contributed by atoms with van der Waals surface area (Å²) in [5.74, 6) is 0.869. The van der Waals surface area contributed by atoms with Crippen LogP contribution >= 0.6 is 23.2 Å². The van der Waals surface area contributed by atoms with Crippen LogP contribution in [0, 0.1) is 0 Å². The number of ether oxygens (including phenoxy) is 1. The fraction of sp³-hybridized carbons (Fsp3) is 0.240. The van der Waals surface area contributed by atoms with E-state index in [2.05, 4.69) is 4.58 Å². The number of nitrogens with zero attached hydrogens (tertiary/aromatic N) is 1. The summed E-state index contributed by atoms with van der Waals surface area (Å²) in [6.07, 6.45) is 3.45. The van der Waals surface area contributed by atoms with E-state index in [4.69, 9.17) is 27.9 Å². The Balaban J connectivity index is 1.82. The first-order valence-corrected chi connectivity index (χ1v) is 15.1. The van der Waals surface area contributed by atoms with E-state index in [-0.39, 0.29) is 15.6 Å². The molecule has 0 unspecified atom stereocenters. The first-order chi connectivity index (χ1) is 17.4. The zero-order chi connectivity index (χ0) is 26.3. The quantitative estimate of drug-likeness (QED) is 0.292. The molecule has 0 aliphatic carbocycles. The van der Waals surface area contributed by atoms with Gasteiger partial charge in [-0.3, -0.25) is 4.55 Å². The molecule has 3 aromatic rings. The Kier molecular flexibility index (Phi) is 5.72. The van der Waals surface area contributed by atoms with Gasteiger partial charge in [-0.25, -0.2) is 13.0 Å². The highest BCUT2D eigenvalue weighted by atomic mass is 35.5. The molecular formula is C25H19Cl2NO7S2. The molecule has 3 heterocycles. The fourth-order valence-electron chi connectivity index (χ4n) is 5.56. The summed E-state index contributed by atoms with van der Waals surface area (Å²) in [5.41, 5.74) is 2.82. The number of benzene rings is 3. The zero-order valence-corrected chi connectivity index (χ0v) is 22.3. The zero-order valence-electron chi connectivity index (χ0n) is 19.1. The maximum atomic E-state index is 12.4. The van der Waals surface area contributed by atoms with Crippen LogP contribution in [0.25, 0.3) is 5.57 Å². The Bertz CT molecular complexity index is 1880. The second kappa shape index (κ2) is 8.52. The summed E-state index contributed by atoms with van der Waals surface area (Å²) in [5, 5.41) is 2.12. The van der Waals surface area contributed by atoms with Crippen molar-refractivity contribution in [3.05, 3.63) is 79.3 Å². The van der Waals surface area contributed by atoms with E-state index in [0.717, 1.165) is 61.3 Å². The molecule has 0 atom stereocenters. The van der Waals surface area contributed by atoms with Gasteiger partial charge in [-0.05, 0) is 37.1 Å². The molecule has 1 N–H and O–H groups in total. The van der Waals surface area contributed by atoms with Crippen molar-refractivity contribution in [1.82, 2.24) is 4.58 Å². The van der Waals surface area contributed by atoms with Crippen LogP contribution in [0.3, 0.4) is 0 Å². The summed E-state index contributed by atoms with van der Waals surface area (Å²) >= 11 is 12.6. The van der Waals surface area contributed by atoms with Crippen molar-refractivity contribution in [2.45, 2.75) is 35.5 Å². The van der Waals surface area contributed by atoms with E-state index in [1.807, 2.05) is 6.07 Å². The van der Waals surface area contributed by atoms with Gasteiger partial charge < -0.3 is 9.29 Å². The predicted molar refractivity (Wildman–Crippen MR) is 136 cm³/mol. The molecule has 8 nitrogen and oxygen atoms in total. The molecule has 37 heavy (non-hydrogen) atoms. The second-order valence-electron chi connectivity index (χ2n) is 9.26. The molecule has 12 heteroatoms. The SMILES string of the molecule is O=S(=O)([O-])c1cc(S(=O)(=O)O)ccc1C1=c2cc3c4c(c2Oc2cc(Cl)c(Cl)cc21)CCC[N+]=4CCC3. The highest BCUT2D eigenvalue weighted by molar-refractivity contribution is 7.86. The first kappa shape index (κ1) is 24.8. The number of fused-ring (bicyclic) bond motifs is 3. The highest BCUT2D eigenvalue weighted by Crippen LogP contribution is 2.43. The monoisotopic (exact) mass is 579 g/mol. The topological polar surface area (TPSA) is 124 Å². The van der Waals surface area contributed by atoms with Crippen LogP contribution in [0.4, 0.5) is 0 Å². The standard InChI is InChI=1S/C25H19Cl2NO7S2/c26-19-11-17-21(12-20(19)27)35-25-16-4-2-8-28-7-1-3-13(24(16)28)9-18(25)23(17)15-6-5-14(36(29,30)31)10-22(15)37(32,33)34/h5-6,9-12H,1-4,7-8H2,(H-,29,30,31,32,33,34). The Morgan fingerprint density at radius 1 is 0.919 bits per heavy atom. The minimum absolute atomic E-state index is 0.0257. The largest absolute Gasteiger partial charge is 0.744 e. The van der Waals surface area contributed by atoms with Crippen molar-refractivity contribution >= 4 is 49.0 Å². The molecule has 0 radical (unpaired) electrons. The van der Waals surface area contributed by atoms with Gasteiger partial charge in [-0.15, -0.1) is 0 Å². The van der Waals surface area contributed by atoms with Crippen molar-refractivity contribution in [3.8, 4) is 11.5 Å². The molecule has 6 rings (SSSR count). The molecule has 3 aliphatic rings. The Hall–Kier alpha value is -2.47. The molecule has 0 saturated carbocycles. The van der Waals surface area contributed by atoms with E-state index in [1.165, 1.54) is 18.2 Å². The summed E-state index contributed by atoms with van der Waals surface area (Å²) in [7, 11) is -9.94. The summed E-state index contributed by atoms with van der Waals surface area (Å²) in [6.45, 7) is 1.87. The minimum atomic E-state index is -5.17. The van der Waals surface area contributed by atoms with Gasteiger partial charge in [-0.1, -0.05) is 29.3 Å². The molecule has 0 fully saturated rings. The molecule has 0 amide bonds. The average Bonchev–Trinajstić information content (AvgIpc) is 2.83. The molecule has 0 saturated heterocycles. The Morgan fingerprint density at radius 2 is 1.62 bits per heavy atom. The van der Waals surface area contributed by atoms with Crippen molar-refractivity contribution in [2.24, 2.45) is 0 Å². The van der Waals surface area contributed by atoms with Gasteiger partial charge >= 0.3 is 0 Å². The number of hydrogen-bond donors (Lipinski definition) is 1. The summed E-state index contributed by atoms with van der Waals surface area (Å²) < 4.78 is 78.9. The van der Waals surface area contributed by atoms with E-state index < -0.39 is 30.0 Å². The number of halogens is 2. The lowest BCUT2D eigenvalue weighted by atomic mass is 9.87. The van der Waals surface area contributed by atoms with Crippen molar-refractivity contribution < 1.29 is 30.7 Å². The van der Waals surface area contributed by atoms with Gasteiger partial charge in [0.25, 0.3) is 10.1 Å². The number of hydrogen-bond acceptors (Lipinski definition) is 6. The number of rotatable bonds is 3. The van der Waals surface area contributed by atoms with Crippen molar-refractivity contribution in [1.29, 1.82) is 0 Å². The van der Waals surface area contributed by atoms with Gasteiger partial charge in [0.2, 0.25) is 5.36 Å². The fourth-order valence-corrected chi connectivity index (χ4v) is 7.17. The van der Waals surface area contributed by atoms with Crippen LogP contribution < -0.4 is 19.9 Å². The third-order valence-corrected chi connectivity index (χ3v) is 9.48. The lowest BCUT2D eigenvalue weighted by Gasteiger charge is -2.27. The predicted octanol–water partition coefficient (Wildman–Crippen LogP) is 2.88. The smallest absolute Gasteiger partial charge is 0.294 e. The minimum Gasteiger partial charge on any atom is -0.744 e. The van der Waals surface area contributed by atoms with Gasteiger partial charge in [-0.2, -0.15) is 8.42 Å². The second-order valence-corrected chi connectivity index (χ2v) is 12.8. The van der Waals surface area contributed by atoms with E-state index in [0.29, 0.717) is 33.9 Å². The first-order valence-electron chi connectivity index (χ1n) is 11.5. The molecule has 0 bridgehead atoms. The molecule has 192 valence electrons. The van der Waals surface area contributed by atoms with Gasteiger partial charge in [0.1, 0.15) is 34.7 Å². The molecule has 3 aromatic carbocycles. The van der Waals surface area contributed by atoms with Crippen LogP contribution in [0.5, 0.6) is 11.5 Å². The van der Waals surface area contributed by atoms with Gasteiger partial charge in [0.05, 0.1) is 25.4 Å². The third kappa shape index (κ3) is 4.07. The van der Waals surface area contributed by atoms with E-state index in [1.54, 1.807) is 0 Å². The summed E-state index contributed by atoms with van der Waals surface area (Å²) in [4.78, 5) is -1.49. The van der Waals surface area contributed by atoms with Gasteiger partial charge in [0.15, 0.2) is 0 Å². The van der Waals surface area contributed by atoms with Crippen LogP contribution in [-0.4, -0.2) is 39.0 Å². The Morgan fingerprint density at radius 3 is 2.32 bits per heavy atom. The molecule has 3 aliphatic heterocycles. The molecule has 0 aromatic heterocycles. The van der Waals surface area contributed by atoms with Crippen molar-refractivity contribution in [3.63, 3.8) is 0 Å². The normalized spacial score (nSPS) is 16.5. The van der Waals surface area contributed by atoms with Crippen molar-refractivity contribution in [2.75, 3.05) is 13.1 Å². The maximum absolute atomic E-state index is 12.4. The van der Waals surface area contributed by atoms with E-state index in [9.17, 15) is 25.9 Å². The highest BCUT2D eigenvalue weighted by Gasteiger charge is 2.32. The molecular weight excluding hydrogens is 561 g/mol. The maximum Gasteiger partial charge on any atom is 0.294 e.